The summed E-state index contributed by atoms with van der Waals surface area (Å²) in [5.41, 5.74) is 14.4. The van der Waals surface area contributed by atoms with Gasteiger partial charge < -0.3 is 0 Å². The van der Waals surface area contributed by atoms with Crippen LogP contribution in [0, 0.1) is 13.8 Å². The van der Waals surface area contributed by atoms with Gasteiger partial charge in [0.05, 0.1) is 0 Å². The quantitative estimate of drug-likeness (QED) is 0.144. The third-order valence-corrected chi connectivity index (χ3v) is 10.8. The molecule has 0 unspecified atom stereocenters. The summed E-state index contributed by atoms with van der Waals surface area (Å²) < 4.78 is 0. The summed E-state index contributed by atoms with van der Waals surface area (Å²) in [6.45, 7) is 4.16. The van der Waals surface area contributed by atoms with Crippen molar-refractivity contribution in [2.24, 2.45) is 0 Å². The average molecular weight is 798 g/mol. The fourth-order valence-corrected chi connectivity index (χ4v) is 7.56. The first-order valence-electron chi connectivity index (χ1n) is 20.5. The zero-order chi connectivity index (χ0) is 41.8. The Labute approximate surface area is 360 Å². The highest BCUT2D eigenvalue weighted by Gasteiger charge is 2.16. The van der Waals surface area contributed by atoms with Crippen molar-refractivity contribution in [3.8, 4) is 102 Å². The molecule has 3 aromatic heterocycles. The zero-order valence-corrected chi connectivity index (χ0v) is 34.2. The van der Waals surface area contributed by atoms with Crippen LogP contribution in [0.25, 0.3) is 102 Å². The minimum Gasteiger partial charge on any atom is -0.265 e. The first kappa shape index (κ1) is 37.9. The SMILES string of the molecule is Cc1cccc(-c2nc(-c3ccc(-c4cc(-c5ccncc5)cc(-c5ccc(-c6nc(-c7ccccc7)nc(-c7ccccc7)n6)cc5)c4)cc3)nc(-c3cccc(C)c3)n2)c1. The fraction of sp³-hybridized carbons (Fsp3) is 0.0364. The van der Waals surface area contributed by atoms with Gasteiger partial charge >= 0.3 is 0 Å². The van der Waals surface area contributed by atoms with Gasteiger partial charge in [0, 0.05) is 45.8 Å². The molecule has 0 spiro atoms. The largest absolute Gasteiger partial charge is 0.265 e. The van der Waals surface area contributed by atoms with Gasteiger partial charge in [-0.25, -0.2) is 29.9 Å². The van der Waals surface area contributed by atoms with Gasteiger partial charge in [-0.3, -0.25) is 4.98 Å². The zero-order valence-electron chi connectivity index (χ0n) is 34.2. The number of aromatic nitrogens is 7. The van der Waals surface area contributed by atoms with Crippen molar-refractivity contribution in [1.82, 2.24) is 34.9 Å². The molecular weight excluding hydrogens is 759 g/mol. The minimum atomic E-state index is 0.616. The lowest BCUT2D eigenvalue weighted by atomic mass is 9.93. The van der Waals surface area contributed by atoms with Gasteiger partial charge in [-0.15, -0.1) is 0 Å². The Kier molecular flexibility index (Phi) is 10.3. The van der Waals surface area contributed by atoms with E-state index in [1.54, 1.807) is 0 Å². The molecule has 0 atom stereocenters. The molecule has 10 aromatic rings. The van der Waals surface area contributed by atoms with E-state index in [2.05, 4.69) is 110 Å². The van der Waals surface area contributed by atoms with Gasteiger partial charge in [0.2, 0.25) is 0 Å². The minimum absolute atomic E-state index is 0.616. The maximum Gasteiger partial charge on any atom is 0.164 e. The monoisotopic (exact) mass is 797 g/mol. The topological polar surface area (TPSA) is 90.2 Å². The van der Waals surface area contributed by atoms with E-state index in [1.165, 1.54) is 0 Å². The molecule has 0 saturated carbocycles. The smallest absolute Gasteiger partial charge is 0.164 e. The number of aryl methyl sites for hydroxylation is 2. The molecule has 0 aliphatic rings. The predicted octanol–water partition coefficient (Wildman–Crippen LogP) is 13.1. The number of hydrogen-bond acceptors (Lipinski definition) is 7. The van der Waals surface area contributed by atoms with Crippen LogP contribution in [0.5, 0.6) is 0 Å². The van der Waals surface area contributed by atoms with Crippen LogP contribution in [-0.4, -0.2) is 34.9 Å². The Morgan fingerprint density at radius 3 is 0.871 bits per heavy atom. The van der Waals surface area contributed by atoms with Crippen LogP contribution in [0.15, 0.2) is 200 Å². The number of pyridine rings is 1. The molecule has 7 nitrogen and oxygen atoms in total. The Bertz CT molecular complexity index is 3050. The molecule has 10 rings (SSSR count). The second-order valence-corrected chi connectivity index (χ2v) is 15.3. The first-order valence-corrected chi connectivity index (χ1v) is 20.5. The second kappa shape index (κ2) is 16.8. The molecular formula is C55H39N7. The van der Waals surface area contributed by atoms with Gasteiger partial charge in [0.25, 0.3) is 0 Å². The molecule has 0 radical (unpaired) electrons. The van der Waals surface area contributed by atoms with Gasteiger partial charge in [0.1, 0.15) is 0 Å². The molecule has 62 heavy (non-hydrogen) atoms. The van der Waals surface area contributed by atoms with E-state index >= 15 is 0 Å². The van der Waals surface area contributed by atoms with Crippen molar-refractivity contribution in [2.75, 3.05) is 0 Å². The summed E-state index contributed by atoms with van der Waals surface area (Å²) in [5, 5.41) is 0. The highest BCUT2D eigenvalue weighted by atomic mass is 15.0. The first-order chi connectivity index (χ1) is 30.5. The van der Waals surface area contributed by atoms with Crippen molar-refractivity contribution in [3.63, 3.8) is 0 Å². The Morgan fingerprint density at radius 2 is 0.516 bits per heavy atom. The molecule has 0 fully saturated rings. The summed E-state index contributed by atoms with van der Waals surface area (Å²) in [7, 11) is 0. The fourth-order valence-electron chi connectivity index (χ4n) is 7.56. The van der Waals surface area contributed by atoms with E-state index in [1.807, 2.05) is 109 Å². The Hall–Kier alpha value is -8.29. The van der Waals surface area contributed by atoms with Crippen molar-refractivity contribution in [2.45, 2.75) is 13.8 Å². The van der Waals surface area contributed by atoms with Crippen LogP contribution in [0.1, 0.15) is 11.1 Å². The number of rotatable bonds is 9. The van der Waals surface area contributed by atoms with Crippen molar-refractivity contribution in [1.29, 1.82) is 0 Å². The highest BCUT2D eigenvalue weighted by molar-refractivity contribution is 5.82. The normalized spacial score (nSPS) is 11.1. The second-order valence-electron chi connectivity index (χ2n) is 15.3. The summed E-state index contributed by atoms with van der Waals surface area (Å²) in [5.74, 6) is 3.79. The van der Waals surface area contributed by atoms with Crippen LogP contribution in [0.3, 0.4) is 0 Å². The molecule has 7 aromatic carbocycles. The van der Waals surface area contributed by atoms with E-state index in [0.29, 0.717) is 34.9 Å². The summed E-state index contributed by atoms with van der Waals surface area (Å²) in [4.78, 5) is 34.0. The van der Waals surface area contributed by atoms with E-state index in [4.69, 9.17) is 29.9 Å². The van der Waals surface area contributed by atoms with Crippen LogP contribution >= 0.6 is 0 Å². The summed E-state index contributed by atoms with van der Waals surface area (Å²) in [6, 6.07) is 64.4. The lowest BCUT2D eigenvalue weighted by Crippen LogP contribution is -2.00. The molecule has 3 heterocycles. The molecule has 0 amide bonds. The molecule has 7 heteroatoms. The van der Waals surface area contributed by atoms with E-state index in [0.717, 1.165) is 77.9 Å². The third kappa shape index (κ3) is 8.15. The standard InChI is InChI=1S/C55H39N7/c1-36-11-9-17-45(31-36)54-60-53(61-55(62-54)46-18-10-12-37(2)32-46)44-25-21-39(22-26-44)48-33-47(34-49(35-48)40-27-29-56-30-28-40)38-19-23-43(24-20-38)52-58-50(41-13-5-3-6-14-41)57-51(59-52)42-15-7-4-8-16-42/h3-35H,1-2H3. The molecule has 0 aliphatic heterocycles. The van der Waals surface area contributed by atoms with E-state index in [-0.39, 0.29) is 0 Å². The Balaban J connectivity index is 1.02. The number of hydrogen-bond donors (Lipinski definition) is 0. The van der Waals surface area contributed by atoms with Crippen LogP contribution < -0.4 is 0 Å². The van der Waals surface area contributed by atoms with E-state index < -0.39 is 0 Å². The maximum atomic E-state index is 5.00. The van der Waals surface area contributed by atoms with Crippen LogP contribution in [0.4, 0.5) is 0 Å². The Morgan fingerprint density at radius 1 is 0.226 bits per heavy atom. The lowest BCUT2D eigenvalue weighted by molar-refractivity contribution is 1.07. The summed E-state index contributed by atoms with van der Waals surface area (Å²) in [6.07, 6.45) is 3.66. The number of benzene rings is 7. The van der Waals surface area contributed by atoms with Crippen molar-refractivity contribution < 1.29 is 0 Å². The average Bonchev–Trinajstić information content (AvgIpc) is 3.34. The predicted molar refractivity (Wildman–Crippen MR) is 249 cm³/mol. The molecule has 0 N–H and O–H groups in total. The lowest BCUT2D eigenvalue weighted by Gasteiger charge is -2.13. The molecule has 0 aliphatic carbocycles. The van der Waals surface area contributed by atoms with Crippen LogP contribution in [-0.2, 0) is 0 Å². The number of nitrogens with zero attached hydrogens (tertiary/aromatic N) is 7. The van der Waals surface area contributed by atoms with Gasteiger partial charge in [-0.1, -0.05) is 157 Å². The molecule has 0 bridgehead atoms. The van der Waals surface area contributed by atoms with E-state index in [9.17, 15) is 0 Å². The summed E-state index contributed by atoms with van der Waals surface area (Å²) >= 11 is 0. The van der Waals surface area contributed by atoms with Gasteiger partial charge in [-0.2, -0.15) is 0 Å². The van der Waals surface area contributed by atoms with Crippen molar-refractivity contribution in [3.05, 3.63) is 212 Å². The maximum absolute atomic E-state index is 5.00. The van der Waals surface area contributed by atoms with Crippen molar-refractivity contribution >= 4 is 0 Å². The molecule has 0 saturated heterocycles. The third-order valence-electron chi connectivity index (χ3n) is 10.8. The van der Waals surface area contributed by atoms with Gasteiger partial charge in [0.15, 0.2) is 34.9 Å². The molecule has 294 valence electrons. The van der Waals surface area contributed by atoms with Gasteiger partial charge in [-0.05, 0) is 89.7 Å². The highest BCUT2D eigenvalue weighted by Crippen LogP contribution is 2.35. The van der Waals surface area contributed by atoms with Crippen LogP contribution in [0.2, 0.25) is 0 Å².